The van der Waals surface area contributed by atoms with E-state index in [1.54, 1.807) is 0 Å². The maximum Gasteiger partial charge on any atom is 0.260 e. The van der Waals surface area contributed by atoms with Gasteiger partial charge in [0.2, 0.25) is 0 Å². The van der Waals surface area contributed by atoms with Gasteiger partial charge in [-0.25, -0.2) is 8.78 Å². The van der Waals surface area contributed by atoms with Crippen LogP contribution in [-0.4, -0.2) is 18.6 Å². The third-order valence-corrected chi connectivity index (χ3v) is 2.26. The molecular weight excluding hydrogens is 204 g/mol. The molecule has 0 saturated heterocycles. The van der Waals surface area contributed by atoms with Crippen LogP contribution in [0.5, 0.6) is 11.5 Å². The molecule has 3 N–H and O–H groups in total. The van der Waals surface area contributed by atoms with Gasteiger partial charge in [-0.05, 0) is 24.6 Å². The molecule has 1 aromatic carbocycles. The highest BCUT2D eigenvalue weighted by molar-refractivity contribution is 5.43. The van der Waals surface area contributed by atoms with Crippen LogP contribution >= 0.6 is 0 Å². The molecular formula is C10H13F2NO2. The molecule has 0 amide bonds. The fraction of sp³-hybridized carbons (Fsp3) is 0.400. The Balaban J connectivity index is 3.16. The van der Waals surface area contributed by atoms with Gasteiger partial charge in [-0.3, -0.25) is 0 Å². The fourth-order valence-electron chi connectivity index (χ4n) is 1.14. The number of rotatable bonds is 3. The molecule has 0 radical (unpaired) electrons. The smallest absolute Gasteiger partial charge is 0.260 e. The topological polar surface area (TPSA) is 55.5 Å². The van der Waals surface area contributed by atoms with Crippen LogP contribution in [-0.2, 0) is 5.54 Å². The number of ether oxygens (including phenoxy) is 1. The molecule has 0 saturated carbocycles. The molecule has 5 heteroatoms. The molecule has 0 aromatic heterocycles. The second-order valence-electron chi connectivity index (χ2n) is 3.47. The summed E-state index contributed by atoms with van der Waals surface area (Å²) in [6.45, 7) is 1.23. The summed E-state index contributed by atoms with van der Waals surface area (Å²) in [6.07, 6.45) is -2.69. The number of halogens is 2. The summed E-state index contributed by atoms with van der Waals surface area (Å²) < 4.78 is 30.0. The fourth-order valence-corrected chi connectivity index (χ4v) is 1.14. The van der Waals surface area contributed by atoms with Crippen LogP contribution in [0.3, 0.4) is 0 Å². The van der Waals surface area contributed by atoms with E-state index in [9.17, 15) is 13.9 Å². The first-order chi connectivity index (χ1) is 6.89. The zero-order chi connectivity index (χ0) is 11.6. The van der Waals surface area contributed by atoms with Gasteiger partial charge in [-0.1, -0.05) is 6.07 Å². The van der Waals surface area contributed by atoms with Crippen molar-refractivity contribution >= 4 is 0 Å². The normalized spacial score (nSPS) is 15.1. The Morgan fingerprint density at radius 3 is 2.53 bits per heavy atom. The van der Waals surface area contributed by atoms with Crippen LogP contribution in [0.1, 0.15) is 12.5 Å². The van der Waals surface area contributed by atoms with Crippen LogP contribution in [0, 0.1) is 0 Å². The number of hydrogen-bond donors (Lipinski definition) is 2. The number of alkyl halides is 2. The molecule has 0 bridgehead atoms. The maximum absolute atomic E-state index is 12.6. The average molecular weight is 217 g/mol. The maximum atomic E-state index is 12.6. The van der Waals surface area contributed by atoms with Gasteiger partial charge in [0.1, 0.15) is 0 Å². The second kappa shape index (κ2) is 4.02. The lowest BCUT2D eigenvalue weighted by Crippen LogP contribution is -2.40. The number of phenols is 1. The molecule has 0 aliphatic heterocycles. The van der Waals surface area contributed by atoms with Gasteiger partial charge in [0.05, 0.1) is 12.6 Å². The van der Waals surface area contributed by atoms with Crippen molar-refractivity contribution in [3.63, 3.8) is 0 Å². The van der Waals surface area contributed by atoms with E-state index in [1.165, 1.54) is 32.2 Å². The van der Waals surface area contributed by atoms with E-state index in [2.05, 4.69) is 0 Å². The lowest BCUT2D eigenvalue weighted by atomic mass is 9.93. The molecule has 3 nitrogen and oxygen atoms in total. The van der Waals surface area contributed by atoms with Gasteiger partial charge in [0, 0.05) is 0 Å². The van der Waals surface area contributed by atoms with Gasteiger partial charge in [0.15, 0.2) is 11.5 Å². The molecule has 0 spiro atoms. The first-order valence-corrected chi connectivity index (χ1v) is 4.34. The Hall–Kier alpha value is -1.36. The number of methoxy groups -OCH3 is 1. The lowest BCUT2D eigenvalue weighted by molar-refractivity contribution is 0.0624. The third-order valence-electron chi connectivity index (χ3n) is 2.26. The summed E-state index contributed by atoms with van der Waals surface area (Å²) in [7, 11) is 1.34. The number of phenolic OH excluding ortho intramolecular Hbond substituents is 1. The Labute approximate surface area is 86.5 Å². The predicted molar refractivity (Wildman–Crippen MR) is 52.2 cm³/mol. The van der Waals surface area contributed by atoms with E-state index in [-0.39, 0.29) is 17.1 Å². The number of hydrogen-bond acceptors (Lipinski definition) is 3. The highest BCUT2D eigenvalue weighted by Gasteiger charge is 2.32. The second-order valence-corrected chi connectivity index (χ2v) is 3.47. The minimum Gasteiger partial charge on any atom is -0.504 e. The van der Waals surface area contributed by atoms with Crippen molar-refractivity contribution in [1.29, 1.82) is 0 Å². The quantitative estimate of drug-likeness (QED) is 0.812. The zero-order valence-corrected chi connectivity index (χ0v) is 8.50. The monoisotopic (exact) mass is 217 g/mol. The van der Waals surface area contributed by atoms with E-state index in [0.717, 1.165) is 0 Å². The SMILES string of the molecule is COc1cc(C(C)(N)C(F)F)ccc1O. The van der Waals surface area contributed by atoms with Crippen molar-refractivity contribution in [2.75, 3.05) is 7.11 Å². The molecule has 1 atom stereocenters. The van der Waals surface area contributed by atoms with Crippen molar-refractivity contribution in [2.45, 2.75) is 18.9 Å². The molecule has 1 aromatic rings. The van der Waals surface area contributed by atoms with Gasteiger partial charge in [0.25, 0.3) is 6.43 Å². The summed E-state index contributed by atoms with van der Waals surface area (Å²) in [5.41, 5.74) is 3.93. The summed E-state index contributed by atoms with van der Waals surface area (Å²) in [4.78, 5) is 0. The summed E-state index contributed by atoms with van der Waals surface area (Å²) >= 11 is 0. The van der Waals surface area contributed by atoms with E-state index in [1.807, 2.05) is 0 Å². The molecule has 0 heterocycles. The van der Waals surface area contributed by atoms with Gasteiger partial charge in [-0.15, -0.1) is 0 Å². The van der Waals surface area contributed by atoms with Gasteiger partial charge in [-0.2, -0.15) is 0 Å². The standard InChI is InChI=1S/C10H13F2NO2/c1-10(13,9(11)12)6-3-4-7(14)8(5-6)15-2/h3-5,9,14H,13H2,1-2H3. The molecule has 15 heavy (non-hydrogen) atoms. The Kier molecular flexibility index (Phi) is 3.14. The molecule has 1 rings (SSSR count). The van der Waals surface area contributed by atoms with Crippen LogP contribution in [0.15, 0.2) is 18.2 Å². The minimum absolute atomic E-state index is 0.105. The first kappa shape index (κ1) is 11.7. The molecule has 0 fully saturated rings. The third kappa shape index (κ3) is 2.18. The molecule has 0 aliphatic rings. The van der Waals surface area contributed by atoms with E-state index >= 15 is 0 Å². The van der Waals surface area contributed by atoms with E-state index in [4.69, 9.17) is 10.5 Å². The molecule has 0 aliphatic carbocycles. The van der Waals surface area contributed by atoms with E-state index < -0.39 is 12.0 Å². The van der Waals surface area contributed by atoms with Crippen molar-refractivity contribution < 1.29 is 18.6 Å². The lowest BCUT2D eigenvalue weighted by Gasteiger charge is -2.24. The van der Waals surface area contributed by atoms with Gasteiger partial charge >= 0.3 is 0 Å². The van der Waals surface area contributed by atoms with Crippen molar-refractivity contribution in [3.8, 4) is 11.5 Å². The van der Waals surface area contributed by atoms with Crippen LogP contribution in [0.25, 0.3) is 0 Å². The Morgan fingerprint density at radius 1 is 1.47 bits per heavy atom. The van der Waals surface area contributed by atoms with Crippen molar-refractivity contribution in [3.05, 3.63) is 23.8 Å². The number of aromatic hydroxyl groups is 1. The van der Waals surface area contributed by atoms with Crippen LogP contribution in [0.2, 0.25) is 0 Å². The van der Waals surface area contributed by atoms with Crippen LogP contribution < -0.4 is 10.5 Å². The van der Waals surface area contributed by atoms with Crippen LogP contribution in [0.4, 0.5) is 8.78 Å². The number of benzene rings is 1. The minimum atomic E-state index is -2.69. The van der Waals surface area contributed by atoms with Gasteiger partial charge < -0.3 is 15.6 Å². The first-order valence-electron chi connectivity index (χ1n) is 4.34. The van der Waals surface area contributed by atoms with E-state index in [0.29, 0.717) is 0 Å². The average Bonchev–Trinajstić information content (AvgIpc) is 2.18. The summed E-state index contributed by atoms with van der Waals surface area (Å²) in [5.74, 6) is 0.0242. The zero-order valence-electron chi connectivity index (χ0n) is 8.50. The Bertz CT molecular complexity index is 353. The highest BCUT2D eigenvalue weighted by atomic mass is 19.3. The van der Waals surface area contributed by atoms with Crippen molar-refractivity contribution in [2.24, 2.45) is 5.73 Å². The Morgan fingerprint density at radius 2 is 2.07 bits per heavy atom. The predicted octanol–water partition coefficient (Wildman–Crippen LogP) is 1.84. The summed E-state index contributed by atoms with van der Waals surface area (Å²) in [5, 5.41) is 9.29. The summed E-state index contributed by atoms with van der Waals surface area (Å²) in [6, 6.07) is 3.94. The van der Waals surface area contributed by atoms with Crippen molar-refractivity contribution in [1.82, 2.24) is 0 Å². The largest absolute Gasteiger partial charge is 0.504 e. The highest BCUT2D eigenvalue weighted by Crippen LogP contribution is 2.32. The molecule has 84 valence electrons. The number of nitrogens with two attached hydrogens (primary N) is 1. The molecule has 1 unspecified atom stereocenters.